The molecule has 2 saturated carbocycles. The van der Waals surface area contributed by atoms with Gasteiger partial charge >= 0.3 is 5.97 Å². The summed E-state index contributed by atoms with van der Waals surface area (Å²) in [5.74, 6) is -1.99. The Hall–Kier alpha value is -2.14. The van der Waals surface area contributed by atoms with Gasteiger partial charge in [0.25, 0.3) is 0 Å². The Balaban J connectivity index is 1.57. The Morgan fingerprint density at radius 1 is 1.13 bits per heavy atom. The van der Waals surface area contributed by atoms with Crippen LogP contribution in [0.2, 0.25) is 0 Å². The first-order valence-corrected chi connectivity index (χ1v) is 13.9. The second kappa shape index (κ2) is 11.8. The molecule has 0 amide bonds. The number of esters is 1. The topological polar surface area (TPSA) is 143 Å². The third-order valence-electron chi connectivity index (χ3n) is 9.08. The van der Waals surface area contributed by atoms with Crippen LogP contribution in [0.15, 0.2) is 36.4 Å². The standard InChI is InChI=1S/C30H42O9/c1-17-14-15-30(36)18(2)10-12-20(23(30)24(17)33)29(3,4)39-28-27(26(35)25(34)21(16-31)37-28)38-22(32)13-11-19-8-6-5-7-9-19/h5-9,11,13,17-18,20-21,23,25-28,31,34-36H,10,12,14-16H2,1-4H3/b13-11+/t17-,18-,20+,21+,23+,25+,26-,27+,28-,30+/m0/s1. The molecule has 216 valence electrons. The predicted octanol–water partition coefficient (Wildman–Crippen LogP) is 2.24. The van der Waals surface area contributed by atoms with Gasteiger partial charge in [-0.2, -0.15) is 0 Å². The van der Waals surface area contributed by atoms with Crippen LogP contribution in [-0.2, 0) is 23.8 Å². The van der Waals surface area contributed by atoms with Crippen molar-refractivity contribution in [2.45, 2.75) is 95.3 Å². The van der Waals surface area contributed by atoms with Crippen LogP contribution in [0.4, 0.5) is 0 Å². The number of hydrogen-bond acceptors (Lipinski definition) is 9. The van der Waals surface area contributed by atoms with Crippen molar-refractivity contribution in [2.24, 2.45) is 23.7 Å². The molecule has 1 aromatic carbocycles. The normalized spacial score (nSPS) is 39.4. The fourth-order valence-electron chi connectivity index (χ4n) is 6.56. The van der Waals surface area contributed by atoms with Crippen molar-refractivity contribution in [1.82, 2.24) is 0 Å². The number of carbonyl (C=O) groups is 2. The van der Waals surface area contributed by atoms with Gasteiger partial charge in [-0.3, -0.25) is 4.79 Å². The predicted molar refractivity (Wildman–Crippen MR) is 142 cm³/mol. The molecular formula is C30H42O9. The number of carbonyl (C=O) groups excluding carboxylic acids is 2. The van der Waals surface area contributed by atoms with Crippen LogP contribution >= 0.6 is 0 Å². The molecule has 9 heteroatoms. The van der Waals surface area contributed by atoms with Crippen molar-refractivity contribution >= 4 is 17.8 Å². The molecule has 0 bridgehead atoms. The molecule has 1 saturated heterocycles. The summed E-state index contributed by atoms with van der Waals surface area (Å²) >= 11 is 0. The van der Waals surface area contributed by atoms with E-state index in [4.69, 9.17) is 14.2 Å². The van der Waals surface area contributed by atoms with E-state index in [9.17, 15) is 30.0 Å². The van der Waals surface area contributed by atoms with Gasteiger partial charge in [-0.25, -0.2) is 4.79 Å². The maximum absolute atomic E-state index is 13.4. The first-order chi connectivity index (χ1) is 18.4. The fourth-order valence-corrected chi connectivity index (χ4v) is 6.56. The first-order valence-electron chi connectivity index (χ1n) is 13.9. The van der Waals surface area contributed by atoms with E-state index in [2.05, 4.69) is 0 Å². The highest BCUT2D eigenvalue weighted by Crippen LogP contribution is 2.53. The van der Waals surface area contributed by atoms with Crippen LogP contribution in [0, 0.1) is 23.7 Å². The lowest BCUT2D eigenvalue weighted by Crippen LogP contribution is -2.65. The highest BCUT2D eigenvalue weighted by Gasteiger charge is 2.59. The molecule has 39 heavy (non-hydrogen) atoms. The Kier molecular flexibility index (Phi) is 9.00. The van der Waals surface area contributed by atoms with Gasteiger partial charge < -0.3 is 34.6 Å². The third kappa shape index (κ3) is 5.99. The maximum Gasteiger partial charge on any atom is 0.331 e. The van der Waals surface area contributed by atoms with Crippen LogP contribution in [0.3, 0.4) is 0 Å². The molecule has 1 heterocycles. The summed E-state index contributed by atoms with van der Waals surface area (Å²) in [6.45, 7) is 6.87. The first kappa shape index (κ1) is 29.8. The average molecular weight is 547 g/mol. The van der Waals surface area contributed by atoms with Gasteiger partial charge in [-0.15, -0.1) is 0 Å². The van der Waals surface area contributed by atoms with Crippen LogP contribution in [0.5, 0.6) is 0 Å². The van der Waals surface area contributed by atoms with Crippen molar-refractivity contribution in [3.8, 4) is 0 Å². The zero-order chi connectivity index (χ0) is 28.5. The molecule has 3 fully saturated rings. The molecule has 4 N–H and O–H groups in total. The lowest BCUT2D eigenvalue weighted by atomic mass is 9.53. The summed E-state index contributed by atoms with van der Waals surface area (Å²) in [5.41, 5.74) is -1.42. The summed E-state index contributed by atoms with van der Waals surface area (Å²) in [7, 11) is 0. The average Bonchev–Trinajstić information content (AvgIpc) is 2.91. The van der Waals surface area contributed by atoms with E-state index in [0.29, 0.717) is 25.7 Å². The molecule has 0 unspecified atom stereocenters. The summed E-state index contributed by atoms with van der Waals surface area (Å²) < 4.78 is 17.7. The Bertz CT molecular complexity index is 1040. The number of ketones is 1. The molecule has 3 aliphatic rings. The number of rotatable bonds is 7. The number of fused-ring (bicyclic) bond motifs is 1. The monoisotopic (exact) mass is 546 g/mol. The number of hydrogen-bond donors (Lipinski definition) is 4. The second-order valence-corrected chi connectivity index (χ2v) is 12.0. The van der Waals surface area contributed by atoms with Crippen molar-refractivity contribution in [2.75, 3.05) is 6.61 Å². The van der Waals surface area contributed by atoms with E-state index >= 15 is 0 Å². The molecule has 0 radical (unpaired) electrons. The summed E-state index contributed by atoms with van der Waals surface area (Å²) in [4.78, 5) is 26.1. The Morgan fingerprint density at radius 3 is 2.49 bits per heavy atom. The second-order valence-electron chi connectivity index (χ2n) is 12.0. The highest BCUT2D eigenvalue weighted by atomic mass is 16.7. The minimum Gasteiger partial charge on any atom is -0.451 e. The minimum absolute atomic E-state index is 0.0132. The smallest absolute Gasteiger partial charge is 0.331 e. The quantitative estimate of drug-likeness (QED) is 0.299. The van der Waals surface area contributed by atoms with E-state index < -0.39 is 60.4 Å². The Labute approximate surface area is 229 Å². The zero-order valence-electron chi connectivity index (χ0n) is 23.1. The number of benzene rings is 1. The van der Waals surface area contributed by atoms with Crippen LogP contribution in [0.25, 0.3) is 6.08 Å². The number of ether oxygens (including phenoxy) is 3. The van der Waals surface area contributed by atoms with E-state index in [-0.39, 0.29) is 23.5 Å². The number of aliphatic hydroxyl groups is 4. The van der Waals surface area contributed by atoms with E-state index in [0.717, 1.165) is 5.56 Å². The third-order valence-corrected chi connectivity index (χ3v) is 9.08. The largest absolute Gasteiger partial charge is 0.451 e. The van der Waals surface area contributed by atoms with Gasteiger partial charge in [-0.1, -0.05) is 44.2 Å². The lowest BCUT2D eigenvalue weighted by molar-refractivity contribution is -0.334. The van der Waals surface area contributed by atoms with E-state index in [1.807, 2.05) is 44.2 Å². The molecule has 0 spiro atoms. The summed E-state index contributed by atoms with van der Waals surface area (Å²) in [6.07, 6.45) is -1.76. The maximum atomic E-state index is 13.4. The van der Waals surface area contributed by atoms with Crippen LogP contribution in [0.1, 0.15) is 58.9 Å². The molecule has 10 atom stereocenters. The van der Waals surface area contributed by atoms with Crippen molar-refractivity contribution < 1.29 is 44.2 Å². The van der Waals surface area contributed by atoms with Gasteiger partial charge in [0.05, 0.1) is 23.7 Å². The molecule has 0 aromatic heterocycles. The summed E-state index contributed by atoms with van der Waals surface area (Å²) in [5, 5.41) is 42.8. The van der Waals surface area contributed by atoms with Crippen LogP contribution < -0.4 is 0 Å². The molecule has 1 aromatic rings. The van der Waals surface area contributed by atoms with Crippen molar-refractivity contribution in [3.05, 3.63) is 42.0 Å². The minimum atomic E-state index is -1.59. The van der Waals surface area contributed by atoms with Gasteiger partial charge in [0.15, 0.2) is 12.4 Å². The molecule has 1 aliphatic heterocycles. The molecule has 9 nitrogen and oxygen atoms in total. The van der Waals surface area contributed by atoms with Crippen molar-refractivity contribution in [1.29, 1.82) is 0 Å². The van der Waals surface area contributed by atoms with Gasteiger partial charge in [-0.05, 0) is 63.0 Å². The molecule has 4 rings (SSSR count). The number of aliphatic hydroxyl groups excluding tert-OH is 3. The molecular weight excluding hydrogens is 504 g/mol. The van der Waals surface area contributed by atoms with Gasteiger partial charge in [0.2, 0.25) is 0 Å². The summed E-state index contributed by atoms with van der Waals surface area (Å²) in [6, 6.07) is 9.12. The lowest BCUT2D eigenvalue weighted by Gasteiger charge is -2.56. The highest BCUT2D eigenvalue weighted by molar-refractivity contribution is 5.87. The SMILES string of the molecule is C[C@H]1CC[C@@]2(O)[C@@H](C)CC[C@@H](C(C)(C)O[C@@H]3O[C@H](CO)[C@@H](O)[C@H](O)[C@H]3OC(=O)/C=C/c3ccccc3)[C@@H]2C1=O. The zero-order valence-corrected chi connectivity index (χ0v) is 23.1. The van der Waals surface area contributed by atoms with Crippen molar-refractivity contribution in [3.63, 3.8) is 0 Å². The molecule has 2 aliphatic carbocycles. The van der Waals surface area contributed by atoms with Gasteiger partial charge in [0.1, 0.15) is 24.1 Å². The van der Waals surface area contributed by atoms with Gasteiger partial charge in [0, 0.05) is 12.0 Å². The van der Waals surface area contributed by atoms with Crippen LogP contribution in [-0.4, -0.2) is 80.7 Å². The van der Waals surface area contributed by atoms with E-state index in [1.165, 1.54) is 6.08 Å². The Morgan fingerprint density at radius 2 is 1.82 bits per heavy atom. The van der Waals surface area contributed by atoms with E-state index in [1.54, 1.807) is 19.9 Å². The fraction of sp³-hybridized carbons (Fsp3) is 0.667. The number of Topliss-reactive ketones (excluding diaryl/α,β-unsaturated/α-hetero) is 1.